The third-order valence-corrected chi connectivity index (χ3v) is 3.34. The second-order valence-corrected chi connectivity index (χ2v) is 4.53. The number of pyridine rings is 1. The Morgan fingerprint density at radius 2 is 2.39 bits per heavy atom. The van der Waals surface area contributed by atoms with E-state index in [1.54, 1.807) is 6.07 Å². The number of carbonyl (C=O) groups is 1. The van der Waals surface area contributed by atoms with Crippen molar-refractivity contribution in [2.45, 2.75) is 25.8 Å². The molecule has 1 saturated heterocycles. The predicted octanol–water partition coefficient (Wildman–Crippen LogP) is 0.589. The second kappa shape index (κ2) is 5.82. The van der Waals surface area contributed by atoms with Crippen LogP contribution in [0.1, 0.15) is 30.1 Å². The highest BCUT2D eigenvalue weighted by Gasteiger charge is 2.24. The minimum atomic E-state index is -0.237. The van der Waals surface area contributed by atoms with Crippen LogP contribution in [0.5, 0.6) is 0 Å². The molecule has 2 rings (SSSR count). The van der Waals surface area contributed by atoms with Gasteiger partial charge in [0, 0.05) is 37.0 Å². The highest BCUT2D eigenvalue weighted by atomic mass is 16.2. The van der Waals surface area contributed by atoms with Crippen LogP contribution in [0.2, 0.25) is 0 Å². The summed E-state index contributed by atoms with van der Waals surface area (Å²) >= 11 is 0. The van der Waals surface area contributed by atoms with Crippen molar-refractivity contribution in [3.8, 4) is 0 Å². The van der Waals surface area contributed by atoms with E-state index in [4.69, 9.17) is 0 Å². The summed E-state index contributed by atoms with van der Waals surface area (Å²) in [4.78, 5) is 28.0. The van der Waals surface area contributed by atoms with Crippen LogP contribution in [0.4, 0.5) is 0 Å². The Bertz CT molecular complexity index is 463. The van der Waals surface area contributed by atoms with E-state index in [1.807, 2.05) is 11.8 Å². The third-order valence-electron chi connectivity index (χ3n) is 3.34. The minimum Gasteiger partial charge on any atom is -0.335 e. The van der Waals surface area contributed by atoms with Crippen molar-refractivity contribution in [3.63, 3.8) is 0 Å². The van der Waals surface area contributed by atoms with Crippen LogP contribution in [0, 0.1) is 0 Å². The van der Waals surface area contributed by atoms with Gasteiger partial charge in [0.1, 0.15) is 0 Å². The Kier molecular flexibility index (Phi) is 4.15. The third kappa shape index (κ3) is 2.79. The molecule has 1 aromatic heterocycles. The number of likely N-dealkylation sites (N-methyl/N-ethyl adjacent to an activating group) is 1. The van der Waals surface area contributed by atoms with Gasteiger partial charge in [0.25, 0.3) is 5.91 Å². The molecular weight excluding hydrogens is 230 g/mol. The van der Waals surface area contributed by atoms with Gasteiger partial charge in [-0.2, -0.15) is 0 Å². The van der Waals surface area contributed by atoms with Gasteiger partial charge in [-0.3, -0.25) is 9.59 Å². The molecule has 18 heavy (non-hydrogen) atoms. The van der Waals surface area contributed by atoms with Gasteiger partial charge in [-0.15, -0.1) is 0 Å². The molecule has 1 atom stereocenters. The molecule has 98 valence electrons. The molecule has 2 heterocycles. The average Bonchev–Trinajstić information content (AvgIpc) is 2.41. The average molecular weight is 249 g/mol. The summed E-state index contributed by atoms with van der Waals surface area (Å²) in [7, 11) is 0. The first-order valence-electron chi connectivity index (χ1n) is 6.43. The van der Waals surface area contributed by atoms with Crippen molar-refractivity contribution >= 4 is 5.91 Å². The van der Waals surface area contributed by atoms with Crippen LogP contribution in [-0.2, 0) is 0 Å². The van der Waals surface area contributed by atoms with Crippen LogP contribution >= 0.6 is 0 Å². The first kappa shape index (κ1) is 12.8. The van der Waals surface area contributed by atoms with Gasteiger partial charge in [0.05, 0.1) is 0 Å². The zero-order chi connectivity index (χ0) is 13.0. The maximum Gasteiger partial charge on any atom is 0.254 e. The zero-order valence-corrected chi connectivity index (χ0v) is 10.6. The molecule has 1 fully saturated rings. The fourth-order valence-corrected chi connectivity index (χ4v) is 2.41. The molecule has 5 nitrogen and oxygen atoms in total. The number of aromatic nitrogens is 1. The van der Waals surface area contributed by atoms with Gasteiger partial charge in [-0.25, -0.2) is 0 Å². The molecule has 1 amide bonds. The van der Waals surface area contributed by atoms with Crippen LogP contribution < -0.4 is 10.9 Å². The molecular formula is C13H19N3O2. The number of nitrogens with one attached hydrogen (secondary N) is 2. The quantitative estimate of drug-likeness (QED) is 0.824. The number of carbonyl (C=O) groups excluding carboxylic acids is 1. The number of amides is 1. The van der Waals surface area contributed by atoms with Gasteiger partial charge in [0.2, 0.25) is 5.56 Å². The van der Waals surface area contributed by atoms with E-state index in [0.717, 1.165) is 25.9 Å². The first-order valence-corrected chi connectivity index (χ1v) is 6.43. The molecule has 1 aliphatic heterocycles. The highest BCUT2D eigenvalue weighted by Crippen LogP contribution is 2.13. The fraction of sp³-hybridized carbons (Fsp3) is 0.538. The van der Waals surface area contributed by atoms with Crippen LogP contribution in [0.3, 0.4) is 0 Å². The summed E-state index contributed by atoms with van der Waals surface area (Å²) in [5.41, 5.74) is 0.227. The lowest BCUT2D eigenvalue weighted by Crippen LogP contribution is -2.48. The summed E-state index contributed by atoms with van der Waals surface area (Å²) in [5.74, 6) is -0.0581. The number of nitrogens with zero attached hydrogens (tertiary/aromatic N) is 1. The lowest BCUT2D eigenvalue weighted by Gasteiger charge is -2.34. The zero-order valence-electron chi connectivity index (χ0n) is 10.6. The molecule has 1 aliphatic rings. The molecule has 0 radical (unpaired) electrons. The van der Waals surface area contributed by atoms with Crippen LogP contribution in [-0.4, -0.2) is 41.5 Å². The fourth-order valence-electron chi connectivity index (χ4n) is 2.41. The molecule has 0 spiro atoms. The molecule has 1 aromatic rings. The number of piperidine rings is 1. The highest BCUT2D eigenvalue weighted by molar-refractivity contribution is 5.94. The Morgan fingerprint density at radius 3 is 3.00 bits per heavy atom. The van der Waals surface area contributed by atoms with Gasteiger partial charge < -0.3 is 15.2 Å². The summed E-state index contributed by atoms with van der Waals surface area (Å²) < 4.78 is 0. The molecule has 0 saturated carbocycles. The molecule has 5 heteroatoms. The summed E-state index contributed by atoms with van der Waals surface area (Å²) in [5, 5.41) is 3.31. The van der Waals surface area contributed by atoms with Crippen molar-refractivity contribution < 1.29 is 4.79 Å². The number of hydrogen-bond acceptors (Lipinski definition) is 3. The molecule has 0 aliphatic carbocycles. The maximum atomic E-state index is 12.4. The molecule has 0 aromatic carbocycles. The summed E-state index contributed by atoms with van der Waals surface area (Å²) in [6, 6.07) is 3.25. The smallest absolute Gasteiger partial charge is 0.254 e. The minimum absolute atomic E-state index is 0.0581. The summed E-state index contributed by atoms with van der Waals surface area (Å²) in [6.45, 7) is 4.49. The van der Waals surface area contributed by atoms with Gasteiger partial charge in [-0.1, -0.05) is 0 Å². The van der Waals surface area contributed by atoms with E-state index in [9.17, 15) is 9.59 Å². The second-order valence-electron chi connectivity index (χ2n) is 4.53. The van der Waals surface area contributed by atoms with E-state index >= 15 is 0 Å². The first-order chi connectivity index (χ1) is 8.72. The van der Waals surface area contributed by atoms with E-state index < -0.39 is 0 Å². The Balaban J connectivity index is 2.16. The van der Waals surface area contributed by atoms with Crippen molar-refractivity contribution in [1.29, 1.82) is 0 Å². The number of rotatable bonds is 3. The molecule has 0 bridgehead atoms. The number of H-pyrrole nitrogens is 1. The topological polar surface area (TPSA) is 65.2 Å². The van der Waals surface area contributed by atoms with E-state index in [2.05, 4.69) is 10.3 Å². The largest absolute Gasteiger partial charge is 0.335 e. The molecule has 1 unspecified atom stereocenters. The van der Waals surface area contributed by atoms with Gasteiger partial charge >= 0.3 is 0 Å². The van der Waals surface area contributed by atoms with Crippen molar-refractivity contribution in [1.82, 2.24) is 15.2 Å². The molecule has 2 N–H and O–H groups in total. The van der Waals surface area contributed by atoms with Crippen LogP contribution in [0.15, 0.2) is 23.1 Å². The summed E-state index contributed by atoms with van der Waals surface area (Å²) in [6.07, 6.45) is 3.63. The lowest BCUT2D eigenvalue weighted by atomic mass is 10.0. The van der Waals surface area contributed by atoms with Crippen molar-refractivity contribution in [2.24, 2.45) is 0 Å². The lowest BCUT2D eigenvalue weighted by molar-refractivity contribution is 0.0662. The number of hydrogen-bond donors (Lipinski definition) is 2. The number of aromatic amines is 1. The van der Waals surface area contributed by atoms with Crippen molar-refractivity contribution in [2.75, 3.05) is 19.6 Å². The van der Waals surface area contributed by atoms with Crippen LogP contribution in [0.25, 0.3) is 0 Å². The Morgan fingerprint density at radius 1 is 1.56 bits per heavy atom. The van der Waals surface area contributed by atoms with Gasteiger partial charge in [0.15, 0.2) is 0 Å². The normalized spacial score (nSPS) is 19.5. The van der Waals surface area contributed by atoms with E-state index in [1.165, 1.54) is 12.3 Å². The predicted molar refractivity (Wildman–Crippen MR) is 69.7 cm³/mol. The van der Waals surface area contributed by atoms with E-state index in [-0.39, 0.29) is 17.5 Å². The monoisotopic (exact) mass is 249 g/mol. The van der Waals surface area contributed by atoms with Crippen molar-refractivity contribution in [3.05, 3.63) is 34.2 Å². The SMILES string of the molecule is CCN(C(=O)c1cc[nH]c(=O)c1)C1CCCNC1. The van der Waals surface area contributed by atoms with Gasteiger partial charge in [-0.05, 0) is 32.4 Å². The Hall–Kier alpha value is -1.62. The maximum absolute atomic E-state index is 12.4. The standard InChI is InChI=1S/C13H19N3O2/c1-2-16(11-4-3-6-14-9-11)13(18)10-5-7-15-12(17)8-10/h5,7-8,11,14H,2-4,6,9H2,1H3,(H,15,17). The Labute approximate surface area is 106 Å². The van der Waals surface area contributed by atoms with E-state index in [0.29, 0.717) is 12.1 Å².